The standard InChI is InChI=1S/C25H42O4/c1-2-14-23(26)17-11-6-4-3-5-7-12-18-24(19-13-20-25(27)28)29-21-22-15-9-8-10-16-22/h8-10,15-16,23-24,26H,2-7,11-14,17-21H2,1H3,(H,27,28). The summed E-state index contributed by atoms with van der Waals surface area (Å²) in [6, 6.07) is 10.2. The third kappa shape index (κ3) is 15.2. The van der Waals surface area contributed by atoms with Gasteiger partial charge in [-0.2, -0.15) is 0 Å². The number of unbranched alkanes of at least 4 members (excludes halogenated alkanes) is 6. The molecule has 4 heteroatoms. The van der Waals surface area contributed by atoms with Crippen molar-refractivity contribution < 1.29 is 19.7 Å². The number of carboxylic acids is 1. The van der Waals surface area contributed by atoms with Crippen LogP contribution in [0, 0.1) is 0 Å². The number of aliphatic carboxylic acids is 1. The molecular weight excluding hydrogens is 364 g/mol. The summed E-state index contributed by atoms with van der Waals surface area (Å²) in [5.74, 6) is -0.728. The molecule has 0 aromatic heterocycles. The minimum Gasteiger partial charge on any atom is -0.481 e. The highest BCUT2D eigenvalue weighted by atomic mass is 16.5. The Hall–Kier alpha value is -1.39. The first-order valence-corrected chi connectivity index (χ1v) is 11.7. The molecule has 0 bridgehead atoms. The average molecular weight is 407 g/mol. The lowest BCUT2D eigenvalue weighted by atomic mass is 10.0. The van der Waals surface area contributed by atoms with E-state index in [4.69, 9.17) is 9.84 Å². The summed E-state index contributed by atoms with van der Waals surface area (Å²) in [6.45, 7) is 2.72. The summed E-state index contributed by atoms with van der Waals surface area (Å²) in [6.07, 6.45) is 14.2. The van der Waals surface area contributed by atoms with Crippen LogP contribution in [0.1, 0.15) is 102 Å². The van der Waals surface area contributed by atoms with Crippen LogP contribution in [0.25, 0.3) is 0 Å². The van der Waals surface area contributed by atoms with Gasteiger partial charge in [-0.1, -0.05) is 88.6 Å². The van der Waals surface area contributed by atoms with Crippen molar-refractivity contribution in [3.63, 3.8) is 0 Å². The number of aliphatic hydroxyl groups excluding tert-OH is 1. The number of hydrogen-bond donors (Lipinski definition) is 2. The molecular formula is C25H42O4. The second kappa shape index (κ2) is 17.5. The van der Waals surface area contributed by atoms with Gasteiger partial charge in [-0.25, -0.2) is 0 Å². The van der Waals surface area contributed by atoms with E-state index in [1.54, 1.807) is 0 Å². The molecule has 0 saturated carbocycles. The number of carboxylic acid groups (broad SMARTS) is 1. The third-order valence-corrected chi connectivity index (χ3v) is 5.43. The van der Waals surface area contributed by atoms with E-state index in [0.29, 0.717) is 13.0 Å². The van der Waals surface area contributed by atoms with Crippen LogP contribution < -0.4 is 0 Å². The minimum atomic E-state index is -0.728. The zero-order valence-corrected chi connectivity index (χ0v) is 18.4. The SMILES string of the molecule is CCCC(O)CCCCCCCCCC(CCCC(=O)O)OCc1ccccc1. The van der Waals surface area contributed by atoms with E-state index in [-0.39, 0.29) is 18.6 Å². The molecule has 1 aromatic rings. The smallest absolute Gasteiger partial charge is 0.303 e. The summed E-state index contributed by atoms with van der Waals surface area (Å²) >= 11 is 0. The largest absolute Gasteiger partial charge is 0.481 e. The van der Waals surface area contributed by atoms with Gasteiger partial charge >= 0.3 is 5.97 Å². The van der Waals surface area contributed by atoms with Crippen LogP contribution in [0.5, 0.6) is 0 Å². The van der Waals surface area contributed by atoms with E-state index in [2.05, 4.69) is 19.1 Å². The van der Waals surface area contributed by atoms with Gasteiger partial charge in [0.25, 0.3) is 0 Å². The quantitative estimate of drug-likeness (QED) is 0.257. The molecule has 2 atom stereocenters. The van der Waals surface area contributed by atoms with Gasteiger partial charge in [0.15, 0.2) is 0 Å². The molecule has 1 aromatic carbocycles. The first kappa shape index (κ1) is 25.6. The second-order valence-corrected chi connectivity index (χ2v) is 8.20. The number of hydrogen-bond acceptors (Lipinski definition) is 3. The monoisotopic (exact) mass is 406 g/mol. The summed E-state index contributed by atoms with van der Waals surface area (Å²) in [5.41, 5.74) is 1.17. The zero-order valence-electron chi connectivity index (χ0n) is 18.4. The van der Waals surface area contributed by atoms with Crippen LogP contribution in [0.4, 0.5) is 0 Å². The van der Waals surface area contributed by atoms with Crippen LogP contribution in [0.2, 0.25) is 0 Å². The molecule has 1 rings (SSSR count). The topological polar surface area (TPSA) is 66.8 Å². The van der Waals surface area contributed by atoms with Crippen molar-refractivity contribution in [1.82, 2.24) is 0 Å². The van der Waals surface area contributed by atoms with Crippen molar-refractivity contribution in [3.05, 3.63) is 35.9 Å². The van der Waals surface area contributed by atoms with Crippen molar-refractivity contribution in [2.24, 2.45) is 0 Å². The molecule has 0 aliphatic carbocycles. The Morgan fingerprint density at radius 3 is 2.07 bits per heavy atom. The van der Waals surface area contributed by atoms with Gasteiger partial charge in [-0.05, 0) is 37.7 Å². The highest BCUT2D eigenvalue weighted by molar-refractivity contribution is 5.66. The summed E-state index contributed by atoms with van der Waals surface area (Å²) < 4.78 is 6.10. The van der Waals surface area contributed by atoms with E-state index in [9.17, 15) is 9.90 Å². The van der Waals surface area contributed by atoms with Crippen LogP contribution in [0.3, 0.4) is 0 Å². The van der Waals surface area contributed by atoms with Crippen molar-refractivity contribution in [3.8, 4) is 0 Å². The highest BCUT2D eigenvalue weighted by Crippen LogP contribution is 2.17. The Morgan fingerprint density at radius 1 is 0.862 bits per heavy atom. The van der Waals surface area contributed by atoms with E-state index in [0.717, 1.165) is 44.9 Å². The Morgan fingerprint density at radius 2 is 1.45 bits per heavy atom. The Balaban J connectivity index is 2.13. The molecule has 0 aliphatic rings. The van der Waals surface area contributed by atoms with Crippen molar-refractivity contribution in [2.45, 2.75) is 116 Å². The van der Waals surface area contributed by atoms with Crippen LogP contribution in [0.15, 0.2) is 30.3 Å². The van der Waals surface area contributed by atoms with Crippen molar-refractivity contribution in [2.75, 3.05) is 0 Å². The van der Waals surface area contributed by atoms with E-state index < -0.39 is 5.97 Å². The molecule has 2 N–H and O–H groups in total. The second-order valence-electron chi connectivity index (χ2n) is 8.20. The van der Waals surface area contributed by atoms with Gasteiger partial charge in [-0.3, -0.25) is 4.79 Å². The predicted molar refractivity (Wildman–Crippen MR) is 119 cm³/mol. The Labute approximate surface area is 177 Å². The molecule has 2 unspecified atom stereocenters. The molecule has 0 radical (unpaired) electrons. The van der Waals surface area contributed by atoms with Gasteiger partial charge in [0.05, 0.1) is 18.8 Å². The fourth-order valence-electron chi connectivity index (χ4n) is 3.69. The summed E-state index contributed by atoms with van der Waals surface area (Å²) in [5, 5.41) is 18.6. The molecule has 29 heavy (non-hydrogen) atoms. The maximum atomic E-state index is 10.8. The Kier molecular flexibility index (Phi) is 15.4. The summed E-state index contributed by atoms with van der Waals surface area (Å²) in [4.78, 5) is 10.8. The van der Waals surface area contributed by atoms with Gasteiger partial charge in [-0.15, -0.1) is 0 Å². The Bertz CT molecular complexity index is 503. The maximum absolute atomic E-state index is 10.8. The van der Waals surface area contributed by atoms with Gasteiger partial charge in [0.1, 0.15) is 0 Å². The molecule has 4 nitrogen and oxygen atoms in total. The van der Waals surface area contributed by atoms with Crippen LogP contribution in [-0.4, -0.2) is 28.4 Å². The molecule has 0 saturated heterocycles. The lowest BCUT2D eigenvalue weighted by molar-refractivity contribution is -0.137. The first-order chi connectivity index (χ1) is 14.1. The number of aliphatic hydroxyl groups is 1. The van der Waals surface area contributed by atoms with Gasteiger partial charge in [0.2, 0.25) is 0 Å². The lowest BCUT2D eigenvalue weighted by Gasteiger charge is -2.18. The number of benzene rings is 1. The fourth-order valence-corrected chi connectivity index (χ4v) is 3.69. The first-order valence-electron chi connectivity index (χ1n) is 11.7. The van der Waals surface area contributed by atoms with E-state index >= 15 is 0 Å². The molecule has 166 valence electrons. The lowest BCUT2D eigenvalue weighted by Crippen LogP contribution is -2.14. The number of ether oxygens (including phenoxy) is 1. The van der Waals surface area contributed by atoms with Gasteiger partial charge in [0, 0.05) is 6.42 Å². The van der Waals surface area contributed by atoms with E-state index in [1.807, 2.05) is 18.2 Å². The zero-order chi connectivity index (χ0) is 21.2. The van der Waals surface area contributed by atoms with Crippen LogP contribution in [-0.2, 0) is 16.1 Å². The predicted octanol–water partition coefficient (Wildman–Crippen LogP) is 6.50. The minimum absolute atomic E-state index is 0.103. The molecule has 0 amide bonds. The fraction of sp³-hybridized carbons (Fsp3) is 0.720. The number of rotatable bonds is 19. The average Bonchev–Trinajstić information content (AvgIpc) is 2.71. The molecule has 0 spiro atoms. The van der Waals surface area contributed by atoms with Gasteiger partial charge < -0.3 is 14.9 Å². The third-order valence-electron chi connectivity index (χ3n) is 5.43. The van der Waals surface area contributed by atoms with Crippen molar-refractivity contribution >= 4 is 5.97 Å². The summed E-state index contributed by atoms with van der Waals surface area (Å²) in [7, 11) is 0. The normalized spacial score (nSPS) is 13.3. The van der Waals surface area contributed by atoms with Crippen molar-refractivity contribution in [1.29, 1.82) is 0 Å². The molecule has 0 heterocycles. The van der Waals surface area contributed by atoms with Crippen LogP contribution >= 0.6 is 0 Å². The number of carbonyl (C=O) groups is 1. The molecule has 0 aliphatic heterocycles. The maximum Gasteiger partial charge on any atom is 0.303 e. The molecule has 0 fully saturated rings. The highest BCUT2D eigenvalue weighted by Gasteiger charge is 2.11. The van der Waals surface area contributed by atoms with E-state index in [1.165, 1.54) is 37.7 Å².